The van der Waals surface area contributed by atoms with Crippen LogP contribution in [0.3, 0.4) is 0 Å². The summed E-state index contributed by atoms with van der Waals surface area (Å²) in [6.45, 7) is 2.25. The number of hydrogen-bond donors (Lipinski definition) is 2. The van der Waals surface area contributed by atoms with Crippen molar-refractivity contribution in [1.82, 2.24) is 6.15 Å². The molecule has 0 aromatic heterocycles. The summed E-state index contributed by atoms with van der Waals surface area (Å²) in [5.74, 6) is -0.657. The Kier molecular flexibility index (Phi) is 25.8. The van der Waals surface area contributed by atoms with Gasteiger partial charge < -0.3 is 11.3 Å². The van der Waals surface area contributed by atoms with E-state index < -0.39 is 5.97 Å². The quantitative estimate of drug-likeness (QED) is 0.410. The molecule has 0 amide bonds. The van der Waals surface area contributed by atoms with Gasteiger partial charge in [0.1, 0.15) is 0 Å². The molecule has 106 valence electrons. The molecule has 0 saturated heterocycles. The molecule has 0 rings (SSSR count). The number of rotatable bonds is 12. The second-order valence-electron chi connectivity index (χ2n) is 4.68. The Balaban J connectivity index is -0.00000112. The first kappa shape index (κ1) is 23.5. The number of hydrogen-bond acceptors (Lipinski definition) is 2. The van der Waals surface area contributed by atoms with Crippen molar-refractivity contribution < 1.29 is 9.90 Å². The summed E-state index contributed by atoms with van der Waals surface area (Å²) in [5.41, 5.74) is 0. The number of unbranched alkanes of at least 4 members (excludes halogenated alkanes) is 10. The average Bonchev–Trinajstić information content (AvgIpc) is 2.25. The number of aliphatic carboxylic acids is 1. The van der Waals surface area contributed by atoms with E-state index in [0.29, 0.717) is 6.42 Å². The zero-order chi connectivity index (χ0) is 12.1. The Morgan fingerprint density at radius 1 is 0.778 bits per heavy atom. The SMILES string of the molecule is CCCCCCCCCCCCCC(=O)O.N.[NaH]. The minimum absolute atomic E-state index is 0. The zero-order valence-corrected chi connectivity index (χ0v) is 11.5. The molecular weight excluding hydrogens is 237 g/mol. The van der Waals surface area contributed by atoms with E-state index in [2.05, 4.69) is 6.92 Å². The van der Waals surface area contributed by atoms with Crippen molar-refractivity contribution in [1.29, 1.82) is 0 Å². The van der Waals surface area contributed by atoms with Crippen LogP contribution in [-0.4, -0.2) is 40.6 Å². The van der Waals surface area contributed by atoms with Crippen LogP contribution < -0.4 is 6.15 Å². The number of carbonyl (C=O) groups is 1. The van der Waals surface area contributed by atoms with Crippen molar-refractivity contribution in [2.45, 2.75) is 84.0 Å². The molecule has 4 N–H and O–H groups in total. The maximum absolute atomic E-state index is 10.3. The van der Waals surface area contributed by atoms with Crippen LogP contribution in [0.15, 0.2) is 0 Å². The summed E-state index contributed by atoms with van der Waals surface area (Å²) in [7, 11) is 0. The Bertz CT molecular complexity index is 166. The van der Waals surface area contributed by atoms with Crippen molar-refractivity contribution in [3.63, 3.8) is 0 Å². The molecule has 0 bridgehead atoms. The molecule has 0 heterocycles. The van der Waals surface area contributed by atoms with Gasteiger partial charge in [-0.2, -0.15) is 0 Å². The Morgan fingerprint density at radius 3 is 1.44 bits per heavy atom. The third-order valence-corrected chi connectivity index (χ3v) is 2.99. The van der Waals surface area contributed by atoms with Crippen molar-refractivity contribution in [3.8, 4) is 0 Å². The first-order valence-corrected chi connectivity index (χ1v) is 6.99. The van der Waals surface area contributed by atoms with Crippen LogP contribution in [0, 0.1) is 0 Å². The summed E-state index contributed by atoms with van der Waals surface area (Å²) in [5, 5.41) is 8.46. The van der Waals surface area contributed by atoms with Gasteiger partial charge >= 0.3 is 35.5 Å². The van der Waals surface area contributed by atoms with Crippen LogP contribution in [-0.2, 0) is 4.79 Å². The normalized spacial score (nSPS) is 9.39. The molecule has 0 fully saturated rings. The van der Waals surface area contributed by atoms with Crippen LogP contribution in [0.5, 0.6) is 0 Å². The van der Waals surface area contributed by atoms with E-state index in [0.717, 1.165) is 12.8 Å². The molecule has 0 aromatic carbocycles. The summed E-state index contributed by atoms with van der Waals surface area (Å²) in [6.07, 6.45) is 14.4. The van der Waals surface area contributed by atoms with Crippen molar-refractivity contribution in [3.05, 3.63) is 0 Å². The molecule has 0 aliphatic heterocycles. The van der Waals surface area contributed by atoms with Crippen LogP contribution in [0.4, 0.5) is 0 Å². The summed E-state index contributed by atoms with van der Waals surface area (Å²) in [4.78, 5) is 10.3. The summed E-state index contributed by atoms with van der Waals surface area (Å²) in [6, 6.07) is 0. The molecule has 0 aliphatic rings. The van der Waals surface area contributed by atoms with Crippen molar-refractivity contribution >= 4 is 35.5 Å². The molecule has 0 radical (unpaired) electrons. The zero-order valence-electron chi connectivity index (χ0n) is 11.5. The van der Waals surface area contributed by atoms with E-state index in [9.17, 15) is 4.79 Å². The summed E-state index contributed by atoms with van der Waals surface area (Å²) >= 11 is 0. The molecule has 0 saturated carbocycles. The molecule has 0 unspecified atom stereocenters. The monoisotopic (exact) mass is 269 g/mol. The molecule has 0 aromatic rings. The molecule has 0 aliphatic carbocycles. The Hall–Kier alpha value is 0.430. The fraction of sp³-hybridized carbons (Fsp3) is 0.929. The van der Waals surface area contributed by atoms with Crippen LogP contribution in [0.25, 0.3) is 0 Å². The predicted molar refractivity (Wildman–Crippen MR) is 80.9 cm³/mol. The van der Waals surface area contributed by atoms with Gasteiger partial charge in [0.2, 0.25) is 0 Å². The topological polar surface area (TPSA) is 72.3 Å². The van der Waals surface area contributed by atoms with Gasteiger partial charge in [-0.25, -0.2) is 0 Å². The Morgan fingerprint density at radius 2 is 1.11 bits per heavy atom. The second kappa shape index (κ2) is 19.8. The molecule has 4 heteroatoms. The van der Waals surface area contributed by atoms with Crippen LogP contribution in [0.2, 0.25) is 0 Å². The first-order valence-electron chi connectivity index (χ1n) is 6.99. The second-order valence-corrected chi connectivity index (χ2v) is 4.68. The van der Waals surface area contributed by atoms with Gasteiger partial charge in [-0.1, -0.05) is 71.1 Å². The Labute approximate surface area is 135 Å². The molecular formula is C14H32NNaO2. The molecule has 18 heavy (non-hydrogen) atoms. The summed E-state index contributed by atoms with van der Waals surface area (Å²) < 4.78 is 0. The molecule has 0 spiro atoms. The van der Waals surface area contributed by atoms with Gasteiger partial charge in [-0.15, -0.1) is 0 Å². The third kappa shape index (κ3) is 21.7. The van der Waals surface area contributed by atoms with Crippen LogP contribution >= 0.6 is 0 Å². The van der Waals surface area contributed by atoms with E-state index in [4.69, 9.17) is 5.11 Å². The van der Waals surface area contributed by atoms with E-state index in [1.165, 1.54) is 57.8 Å². The fourth-order valence-corrected chi connectivity index (χ4v) is 1.94. The van der Waals surface area contributed by atoms with Gasteiger partial charge in [-0.05, 0) is 6.42 Å². The maximum atomic E-state index is 10.3. The van der Waals surface area contributed by atoms with Crippen LogP contribution in [0.1, 0.15) is 84.0 Å². The van der Waals surface area contributed by atoms with Gasteiger partial charge in [0.15, 0.2) is 0 Å². The van der Waals surface area contributed by atoms with E-state index in [-0.39, 0.29) is 35.7 Å². The van der Waals surface area contributed by atoms with Gasteiger partial charge in [0, 0.05) is 6.42 Å². The first-order chi connectivity index (χ1) is 7.77. The predicted octanol–water partition coefficient (Wildman–Crippen LogP) is 4.29. The van der Waals surface area contributed by atoms with E-state index >= 15 is 0 Å². The number of carboxylic acid groups (broad SMARTS) is 1. The van der Waals surface area contributed by atoms with E-state index in [1.807, 2.05) is 0 Å². The van der Waals surface area contributed by atoms with Gasteiger partial charge in [0.05, 0.1) is 0 Å². The van der Waals surface area contributed by atoms with Gasteiger partial charge in [0.25, 0.3) is 0 Å². The minimum atomic E-state index is -0.657. The third-order valence-electron chi connectivity index (χ3n) is 2.99. The standard InChI is InChI=1S/C14H28O2.H3N.Na.H/c1-2-3-4-5-6-7-8-9-10-11-12-13-14(15)16;;;/h2-13H2,1H3,(H,15,16);1H3;;. The number of carboxylic acids is 1. The fourth-order valence-electron chi connectivity index (χ4n) is 1.94. The van der Waals surface area contributed by atoms with Gasteiger partial charge in [-0.3, -0.25) is 4.79 Å². The van der Waals surface area contributed by atoms with Crippen molar-refractivity contribution in [2.75, 3.05) is 0 Å². The average molecular weight is 269 g/mol. The van der Waals surface area contributed by atoms with E-state index in [1.54, 1.807) is 0 Å². The van der Waals surface area contributed by atoms with Crippen molar-refractivity contribution in [2.24, 2.45) is 0 Å². The molecule has 0 atom stereocenters. The molecule has 3 nitrogen and oxygen atoms in total.